The van der Waals surface area contributed by atoms with Crippen molar-refractivity contribution in [3.63, 3.8) is 0 Å². The number of carbonyl (C=O) groups is 1. The summed E-state index contributed by atoms with van der Waals surface area (Å²) in [5.74, 6) is 0.0356. The second-order valence-corrected chi connectivity index (χ2v) is 4.64. The van der Waals surface area contributed by atoms with Crippen LogP contribution >= 0.6 is 0 Å². The van der Waals surface area contributed by atoms with Crippen LogP contribution in [-0.4, -0.2) is 12.5 Å². The van der Waals surface area contributed by atoms with Crippen molar-refractivity contribution in [1.82, 2.24) is 5.32 Å². The van der Waals surface area contributed by atoms with E-state index in [4.69, 9.17) is 0 Å². The zero-order valence-electron chi connectivity index (χ0n) is 9.73. The van der Waals surface area contributed by atoms with Crippen LogP contribution in [0.25, 0.3) is 12.2 Å². The lowest BCUT2D eigenvalue weighted by atomic mass is 10.0. The van der Waals surface area contributed by atoms with Crippen molar-refractivity contribution in [2.75, 3.05) is 6.54 Å². The fourth-order valence-electron chi connectivity index (χ4n) is 2.81. The third kappa shape index (κ3) is 1.15. The molecule has 2 aliphatic rings. The molecule has 0 radical (unpaired) electrons. The van der Waals surface area contributed by atoms with E-state index < -0.39 is 0 Å². The SMILES string of the molecule is O=C1NCC=c2ccc3c(c21)C=c1ccccc1=3. The monoisotopic (exact) mass is 233 g/mol. The Morgan fingerprint density at radius 2 is 1.83 bits per heavy atom. The summed E-state index contributed by atoms with van der Waals surface area (Å²) < 4.78 is 0. The summed E-state index contributed by atoms with van der Waals surface area (Å²) in [5, 5.41) is 7.50. The van der Waals surface area contributed by atoms with Crippen LogP contribution < -0.4 is 15.8 Å². The van der Waals surface area contributed by atoms with Crippen molar-refractivity contribution in [2.45, 2.75) is 0 Å². The van der Waals surface area contributed by atoms with Gasteiger partial charge < -0.3 is 5.32 Å². The quantitative estimate of drug-likeness (QED) is 0.606. The van der Waals surface area contributed by atoms with Crippen molar-refractivity contribution < 1.29 is 4.79 Å². The predicted molar refractivity (Wildman–Crippen MR) is 70.2 cm³/mol. The zero-order valence-corrected chi connectivity index (χ0v) is 9.73. The molecular weight excluding hydrogens is 222 g/mol. The van der Waals surface area contributed by atoms with Crippen LogP contribution in [0, 0.1) is 10.4 Å². The van der Waals surface area contributed by atoms with Gasteiger partial charge in [-0.3, -0.25) is 4.79 Å². The number of nitrogens with one attached hydrogen (secondary N) is 1. The lowest BCUT2D eigenvalue weighted by molar-refractivity contribution is 0.0955. The van der Waals surface area contributed by atoms with E-state index in [0.717, 1.165) is 21.6 Å². The molecule has 0 unspecified atom stereocenters. The normalized spacial score (nSPS) is 14.8. The van der Waals surface area contributed by atoms with Gasteiger partial charge in [-0.1, -0.05) is 42.5 Å². The molecule has 0 saturated carbocycles. The molecule has 0 spiro atoms. The summed E-state index contributed by atoms with van der Waals surface area (Å²) in [6, 6.07) is 12.4. The Balaban J connectivity index is 2.28. The Bertz CT molecular complexity index is 894. The molecule has 2 heteroatoms. The van der Waals surface area contributed by atoms with E-state index >= 15 is 0 Å². The summed E-state index contributed by atoms with van der Waals surface area (Å²) in [5.41, 5.74) is 1.87. The van der Waals surface area contributed by atoms with E-state index in [2.05, 4.69) is 35.7 Å². The molecule has 0 bridgehead atoms. The fraction of sp³-hybridized carbons (Fsp3) is 0.0625. The second kappa shape index (κ2) is 3.33. The maximum Gasteiger partial charge on any atom is 0.252 e. The number of hydrogen-bond acceptors (Lipinski definition) is 1. The number of rotatable bonds is 0. The van der Waals surface area contributed by atoms with Crippen LogP contribution in [0.4, 0.5) is 0 Å². The first-order valence-corrected chi connectivity index (χ1v) is 6.07. The van der Waals surface area contributed by atoms with Crippen molar-refractivity contribution in [3.05, 3.63) is 68.4 Å². The molecule has 0 saturated heterocycles. The van der Waals surface area contributed by atoms with Crippen molar-refractivity contribution in [1.29, 1.82) is 0 Å². The molecule has 1 aliphatic heterocycles. The molecule has 4 rings (SSSR count). The molecule has 18 heavy (non-hydrogen) atoms. The summed E-state index contributed by atoms with van der Waals surface area (Å²) in [7, 11) is 0. The summed E-state index contributed by atoms with van der Waals surface area (Å²) in [4.78, 5) is 12.0. The summed E-state index contributed by atoms with van der Waals surface area (Å²) in [6.07, 6.45) is 4.18. The molecular formula is C16H11NO. The minimum atomic E-state index is 0.0356. The van der Waals surface area contributed by atoms with E-state index in [1.165, 1.54) is 10.4 Å². The van der Waals surface area contributed by atoms with Gasteiger partial charge in [0.1, 0.15) is 0 Å². The Morgan fingerprint density at radius 1 is 0.944 bits per heavy atom. The first kappa shape index (κ1) is 9.66. The lowest BCUT2D eigenvalue weighted by Crippen LogP contribution is -2.35. The van der Waals surface area contributed by atoms with Gasteiger partial charge >= 0.3 is 0 Å². The van der Waals surface area contributed by atoms with Gasteiger partial charge in [0.25, 0.3) is 5.91 Å². The van der Waals surface area contributed by atoms with E-state index in [9.17, 15) is 4.79 Å². The minimum Gasteiger partial charge on any atom is -0.348 e. The van der Waals surface area contributed by atoms with Gasteiger partial charge in [0.15, 0.2) is 0 Å². The number of hydrogen-bond donors (Lipinski definition) is 1. The summed E-state index contributed by atoms with van der Waals surface area (Å²) in [6.45, 7) is 0.623. The first-order chi connectivity index (χ1) is 8.84. The lowest BCUT2D eigenvalue weighted by Gasteiger charge is -2.11. The van der Waals surface area contributed by atoms with Gasteiger partial charge in [0.05, 0.1) is 5.56 Å². The summed E-state index contributed by atoms with van der Waals surface area (Å²) >= 11 is 0. The fourth-order valence-corrected chi connectivity index (χ4v) is 2.81. The average Bonchev–Trinajstić information content (AvgIpc) is 2.77. The van der Waals surface area contributed by atoms with Crippen molar-refractivity contribution in [3.8, 4) is 0 Å². The third-order valence-electron chi connectivity index (χ3n) is 3.64. The molecule has 2 aromatic rings. The molecule has 0 aromatic heterocycles. The molecule has 1 heterocycles. The standard InChI is InChI=1S/C16H11NO/c18-16-15-10(7-8-17-16)5-6-13-12-4-2-1-3-11(12)9-14(13)15/h1-7,9H,8H2,(H,17,18). The molecule has 2 nitrogen and oxygen atoms in total. The topological polar surface area (TPSA) is 29.1 Å². The molecule has 1 N–H and O–H groups in total. The molecule has 0 atom stereocenters. The predicted octanol–water partition coefficient (Wildman–Crippen LogP) is 0.640. The van der Waals surface area contributed by atoms with E-state index in [0.29, 0.717) is 6.54 Å². The maximum absolute atomic E-state index is 12.0. The minimum absolute atomic E-state index is 0.0356. The van der Waals surface area contributed by atoms with Crippen LogP contribution in [0.3, 0.4) is 0 Å². The Morgan fingerprint density at radius 3 is 2.78 bits per heavy atom. The van der Waals surface area contributed by atoms with E-state index in [1.807, 2.05) is 18.2 Å². The van der Waals surface area contributed by atoms with Crippen LogP contribution in [0.5, 0.6) is 0 Å². The number of fused-ring (bicyclic) bond motifs is 4. The highest BCUT2D eigenvalue weighted by Gasteiger charge is 2.17. The highest BCUT2D eigenvalue weighted by molar-refractivity contribution is 6.00. The third-order valence-corrected chi connectivity index (χ3v) is 3.64. The Kier molecular flexibility index (Phi) is 1.78. The van der Waals surface area contributed by atoms with Gasteiger partial charge in [-0.25, -0.2) is 0 Å². The Labute approximate surface area is 104 Å². The highest BCUT2D eigenvalue weighted by Crippen LogP contribution is 2.14. The first-order valence-electron chi connectivity index (χ1n) is 6.07. The van der Waals surface area contributed by atoms with Gasteiger partial charge in [0, 0.05) is 6.54 Å². The molecule has 2 aromatic carbocycles. The van der Waals surface area contributed by atoms with Gasteiger partial charge in [-0.05, 0) is 32.5 Å². The van der Waals surface area contributed by atoms with Crippen LogP contribution in [-0.2, 0) is 0 Å². The Hall–Kier alpha value is -2.35. The van der Waals surface area contributed by atoms with Gasteiger partial charge in [0.2, 0.25) is 0 Å². The van der Waals surface area contributed by atoms with Gasteiger partial charge in [-0.15, -0.1) is 0 Å². The number of carbonyl (C=O) groups excluding carboxylic acids is 1. The highest BCUT2D eigenvalue weighted by atomic mass is 16.1. The van der Waals surface area contributed by atoms with Crippen molar-refractivity contribution in [2.24, 2.45) is 0 Å². The maximum atomic E-state index is 12.0. The smallest absolute Gasteiger partial charge is 0.252 e. The second-order valence-electron chi connectivity index (χ2n) is 4.64. The largest absolute Gasteiger partial charge is 0.348 e. The van der Waals surface area contributed by atoms with Gasteiger partial charge in [-0.2, -0.15) is 0 Å². The molecule has 86 valence electrons. The molecule has 1 aliphatic carbocycles. The van der Waals surface area contributed by atoms with E-state index in [1.54, 1.807) is 0 Å². The zero-order chi connectivity index (χ0) is 12.1. The molecule has 1 amide bonds. The van der Waals surface area contributed by atoms with Crippen LogP contribution in [0.15, 0.2) is 36.4 Å². The number of amides is 1. The van der Waals surface area contributed by atoms with Crippen molar-refractivity contribution >= 4 is 18.1 Å². The van der Waals surface area contributed by atoms with Crippen LogP contribution in [0.2, 0.25) is 0 Å². The average molecular weight is 233 g/mol. The number of benzene rings is 2. The van der Waals surface area contributed by atoms with E-state index in [-0.39, 0.29) is 5.91 Å². The molecule has 0 fully saturated rings. The van der Waals surface area contributed by atoms with Crippen LogP contribution in [0.1, 0.15) is 15.9 Å².